The number of benzene rings is 1. The van der Waals surface area contributed by atoms with Crippen LogP contribution in [0.15, 0.2) is 24.3 Å². The average molecular weight is 405 g/mol. The molecule has 0 N–H and O–H groups in total. The van der Waals surface area contributed by atoms with Crippen LogP contribution in [0.25, 0.3) is 0 Å². The lowest BCUT2D eigenvalue weighted by molar-refractivity contribution is -0.919. The van der Waals surface area contributed by atoms with Gasteiger partial charge in [0.15, 0.2) is 0 Å². The van der Waals surface area contributed by atoms with Gasteiger partial charge >= 0.3 is 0 Å². The van der Waals surface area contributed by atoms with Gasteiger partial charge in [-0.2, -0.15) is 0 Å². The van der Waals surface area contributed by atoms with Crippen molar-refractivity contribution >= 4 is 0 Å². The summed E-state index contributed by atoms with van der Waals surface area (Å²) in [7, 11) is 6.47. The molecule has 0 spiro atoms. The molecule has 0 saturated heterocycles. The molecule has 0 aliphatic carbocycles. The van der Waals surface area contributed by atoms with Gasteiger partial charge in [-0.3, -0.25) is 0 Å². The number of rotatable bonds is 18. The third-order valence-electron chi connectivity index (χ3n) is 6.73. The van der Waals surface area contributed by atoms with Crippen LogP contribution < -0.4 is 4.74 Å². The summed E-state index contributed by atoms with van der Waals surface area (Å²) in [6.07, 6.45) is 20.0. The predicted octanol–water partition coefficient (Wildman–Crippen LogP) is 8.31. The van der Waals surface area contributed by atoms with Crippen LogP contribution in [0.4, 0.5) is 0 Å². The van der Waals surface area contributed by atoms with Crippen molar-refractivity contribution in [3.05, 3.63) is 29.8 Å². The van der Waals surface area contributed by atoms with E-state index in [2.05, 4.69) is 52.2 Å². The number of methoxy groups -OCH3 is 1. The maximum atomic E-state index is 5.29. The molecular formula is C27H50NO+. The van der Waals surface area contributed by atoms with Crippen molar-refractivity contribution in [2.75, 3.05) is 27.7 Å². The van der Waals surface area contributed by atoms with Crippen LogP contribution in [-0.4, -0.2) is 32.2 Å². The van der Waals surface area contributed by atoms with E-state index in [1.807, 2.05) is 0 Å². The Bertz CT molecular complexity index is 494. The lowest BCUT2D eigenvalue weighted by atomic mass is 10.0. The van der Waals surface area contributed by atoms with Crippen LogP contribution in [0.3, 0.4) is 0 Å². The number of quaternary nitrogens is 1. The molecule has 1 aromatic rings. The fourth-order valence-corrected chi connectivity index (χ4v) is 4.19. The van der Waals surface area contributed by atoms with E-state index in [1.165, 1.54) is 102 Å². The zero-order chi connectivity index (χ0) is 21.4. The third kappa shape index (κ3) is 11.7. The van der Waals surface area contributed by atoms with E-state index in [9.17, 15) is 0 Å². The molecule has 0 amide bonds. The molecule has 2 heteroatoms. The lowest BCUT2D eigenvalue weighted by Crippen LogP contribution is -2.42. The van der Waals surface area contributed by atoms with E-state index in [4.69, 9.17) is 4.74 Å². The second-order valence-electron chi connectivity index (χ2n) is 9.55. The minimum absolute atomic E-state index is 0.517. The average Bonchev–Trinajstić information content (AvgIpc) is 2.73. The molecule has 0 aliphatic heterocycles. The Hall–Kier alpha value is -1.02. The van der Waals surface area contributed by atoms with Gasteiger partial charge in [0.05, 0.1) is 27.7 Å². The highest BCUT2D eigenvalue weighted by Crippen LogP contribution is 2.27. The van der Waals surface area contributed by atoms with E-state index >= 15 is 0 Å². The van der Waals surface area contributed by atoms with Gasteiger partial charge < -0.3 is 9.22 Å². The minimum atomic E-state index is 0.517. The topological polar surface area (TPSA) is 9.23 Å². The van der Waals surface area contributed by atoms with Crippen LogP contribution in [0.2, 0.25) is 0 Å². The summed E-state index contributed by atoms with van der Waals surface area (Å²) in [6, 6.07) is 9.11. The molecule has 1 unspecified atom stereocenters. The van der Waals surface area contributed by atoms with Gasteiger partial charge in [0.25, 0.3) is 0 Å². The molecule has 0 aromatic heterocycles. The molecule has 1 aromatic carbocycles. The normalized spacial score (nSPS) is 12.9. The molecule has 0 heterocycles. The molecule has 0 fully saturated rings. The summed E-state index contributed by atoms with van der Waals surface area (Å²) in [5.74, 6) is 0.943. The monoisotopic (exact) mass is 404 g/mol. The number of hydrogen-bond donors (Lipinski definition) is 0. The standard InChI is InChI=1S/C27H50NO/c1-6-7-8-9-10-11-12-13-14-15-16-17-18-19-24-28(3,4)25(2)26-20-22-27(29-5)23-21-26/h20-23,25H,6-19,24H2,1-5H3/q+1. The summed E-state index contributed by atoms with van der Waals surface area (Å²) in [4.78, 5) is 0. The third-order valence-corrected chi connectivity index (χ3v) is 6.73. The molecular weight excluding hydrogens is 354 g/mol. The Kier molecular flexibility index (Phi) is 14.1. The second-order valence-corrected chi connectivity index (χ2v) is 9.55. The Labute approximate surface area is 182 Å². The smallest absolute Gasteiger partial charge is 0.118 e. The number of unbranched alkanes of at least 4 members (excludes halogenated alkanes) is 13. The summed E-state index contributed by atoms with van der Waals surface area (Å²) in [5, 5.41) is 0. The minimum Gasteiger partial charge on any atom is -0.497 e. The van der Waals surface area contributed by atoms with Crippen molar-refractivity contribution in [3.63, 3.8) is 0 Å². The number of nitrogens with zero attached hydrogens (tertiary/aromatic N) is 1. The Morgan fingerprint density at radius 1 is 0.690 bits per heavy atom. The highest BCUT2D eigenvalue weighted by Gasteiger charge is 2.24. The molecule has 29 heavy (non-hydrogen) atoms. The van der Waals surface area contributed by atoms with Crippen LogP contribution in [0, 0.1) is 0 Å². The predicted molar refractivity (Wildman–Crippen MR) is 129 cm³/mol. The number of ether oxygens (including phenoxy) is 1. The van der Waals surface area contributed by atoms with Crippen LogP contribution in [0.1, 0.15) is 115 Å². The maximum absolute atomic E-state index is 5.29. The Balaban J connectivity index is 2.03. The van der Waals surface area contributed by atoms with E-state index in [0.29, 0.717) is 6.04 Å². The van der Waals surface area contributed by atoms with E-state index in [0.717, 1.165) is 10.2 Å². The zero-order valence-electron chi connectivity index (χ0n) is 20.3. The summed E-state index contributed by atoms with van der Waals surface area (Å²) < 4.78 is 6.35. The molecule has 0 bridgehead atoms. The van der Waals surface area contributed by atoms with Gasteiger partial charge in [-0.1, -0.05) is 84.0 Å². The fourth-order valence-electron chi connectivity index (χ4n) is 4.19. The first-order valence-corrected chi connectivity index (χ1v) is 12.5. The van der Waals surface area contributed by atoms with Gasteiger partial charge in [-0.25, -0.2) is 0 Å². The summed E-state index contributed by atoms with van der Waals surface area (Å²) >= 11 is 0. The van der Waals surface area contributed by atoms with Crippen molar-refractivity contribution in [2.24, 2.45) is 0 Å². The van der Waals surface area contributed by atoms with Crippen molar-refractivity contribution in [3.8, 4) is 5.75 Å². The second kappa shape index (κ2) is 15.8. The van der Waals surface area contributed by atoms with E-state index in [-0.39, 0.29) is 0 Å². The molecule has 1 rings (SSSR count). The Morgan fingerprint density at radius 2 is 1.10 bits per heavy atom. The quantitative estimate of drug-likeness (QED) is 0.176. The van der Waals surface area contributed by atoms with Crippen molar-refractivity contribution in [2.45, 2.75) is 110 Å². The molecule has 0 radical (unpaired) electrons. The summed E-state index contributed by atoms with van der Waals surface area (Å²) in [6.45, 7) is 5.90. The first-order valence-electron chi connectivity index (χ1n) is 12.5. The van der Waals surface area contributed by atoms with Gasteiger partial charge in [0.2, 0.25) is 0 Å². The van der Waals surface area contributed by atoms with E-state index < -0.39 is 0 Å². The molecule has 2 nitrogen and oxygen atoms in total. The maximum Gasteiger partial charge on any atom is 0.118 e. The van der Waals surface area contributed by atoms with Crippen molar-refractivity contribution in [1.29, 1.82) is 0 Å². The summed E-state index contributed by atoms with van der Waals surface area (Å²) in [5.41, 5.74) is 1.40. The first-order chi connectivity index (χ1) is 14.0. The van der Waals surface area contributed by atoms with Crippen LogP contribution >= 0.6 is 0 Å². The largest absolute Gasteiger partial charge is 0.497 e. The highest BCUT2D eigenvalue weighted by molar-refractivity contribution is 5.28. The lowest BCUT2D eigenvalue weighted by Gasteiger charge is -2.36. The Morgan fingerprint density at radius 3 is 1.52 bits per heavy atom. The fraction of sp³-hybridized carbons (Fsp3) is 0.778. The molecule has 0 aliphatic rings. The van der Waals surface area contributed by atoms with Gasteiger partial charge in [-0.05, 0) is 44.0 Å². The van der Waals surface area contributed by atoms with E-state index in [1.54, 1.807) is 7.11 Å². The first kappa shape index (κ1) is 26.0. The number of hydrogen-bond acceptors (Lipinski definition) is 1. The van der Waals surface area contributed by atoms with Crippen molar-refractivity contribution in [1.82, 2.24) is 0 Å². The van der Waals surface area contributed by atoms with Crippen molar-refractivity contribution < 1.29 is 9.22 Å². The van der Waals surface area contributed by atoms with Crippen LogP contribution in [0.5, 0.6) is 5.75 Å². The SMILES string of the molecule is CCCCCCCCCCCCCCCC[N+](C)(C)C(C)c1ccc(OC)cc1. The van der Waals surface area contributed by atoms with Gasteiger partial charge in [0.1, 0.15) is 11.8 Å². The molecule has 0 saturated carbocycles. The zero-order valence-corrected chi connectivity index (χ0v) is 20.3. The van der Waals surface area contributed by atoms with Gasteiger partial charge in [-0.15, -0.1) is 0 Å². The highest BCUT2D eigenvalue weighted by atomic mass is 16.5. The molecule has 1 atom stereocenters. The van der Waals surface area contributed by atoms with Gasteiger partial charge in [0, 0.05) is 5.56 Å². The molecule has 168 valence electrons. The van der Waals surface area contributed by atoms with Crippen LogP contribution in [-0.2, 0) is 0 Å².